The first-order valence-corrected chi connectivity index (χ1v) is 18.2. The summed E-state index contributed by atoms with van der Waals surface area (Å²) in [5, 5.41) is 0. The zero-order chi connectivity index (χ0) is 35.0. The van der Waals surface area contributed by atoms with E-state index in [1.165, 1.54) is 16.7 Å². The fraction of sp³-hybridized carbons (Fsp3) is 0.0980. The van der Waals surface area contributed by atoms with Crippen LogP contribution in [0.25, 0.3) is 0 Å². The minimum absolute atomic E-state index is 0.333. The predicted octanol–water partition coefficient (Wildman–Crippen LogP) is 12.7. The molecular formula is C51H41N. The van der Waals surface area contributed by atoms with Crippen molar-refractivity contribution in [2.24, 2.45) is 5.92 Å². The first-order valence-electron chi connectivity index (χ1n) is 18.2. The SMILES string of the molecule is C(#CC(C1=CCC(C2=CCC(c3ccccc3)C=C2)C=C1)(c1ccccc1)c1ccc(N(c2ccccc2)c2ccccc2)cc1)c1ccccc1. The molecule has 0 aromatic heterocycles. The Morgan fingerprint density at radius 3 is 1.52 bits per heavy atom. The highest BCUT2D eigenvalue weighted by molar-refractivity contribution is 5.77. The van der Waals surface area contributed by atoms with Gasteiger partial charge >= 0.3 is 0 Å². The summed E-state index contributed by atoms with van der Waals surface area (Å²) < 4.78 is 0. The van der Waals surface area contributed by atoms with E-state index < -0.39 is 5.41 Å². The lowest BCUT2D eigenvalue weighted by atomic mass is 9.67. The minimum Gasteiger partial charge on any atom is -0.311 e. The van der Waals surface area contributed by atoms with Gasteiger partial charge in [-0.2, -0.15) is 0 Å². The molecule has 0 saturated carbocycles. The fourth-order valence-electron chi connectivity index (χ4n) is 7.56. The van der Waals surface area contributed by atoms with E-state index in [1.807, 2.05) is 6.07 Å². The van der Waals surface area contributed by atoms with Gasteiger partial charge in [-0.3, -0.25) is 0 Å². The van der Waals surface area contributed by atoms with Crippen LogP contribution in [0, 0.1) is 17.8 Å². The maximum absolute atomic E-state index is 3.87. The molecule has 1 nitrogen and oxygen atoms in total. The van der Waals surface area contributed by atoms with E-state index in [0.717, 1.165) is 46.6 Å². The third kappa shape index (κ3) is 6.85. The van der Waals surface area contributed by atoms with Crippen LogP contribution < -0.4 is 4.90 Å². The average molecular weight is 668 g/mol. The lowest BCUT2D eigenvalue weighted by molar-refractivity contribution is 0.718. The molecule has 0 aliphatic heterocycles. The van der Waals surface area contributed by atoms with E-state index in [0.29, 0.717) is 11.8 Å². The molecule has 0 heterocycles. The normalized spacial score (nSPS) is 17.5. The third-order valence-corrected chi connectivity index (χ3v) is 10.3. The Morgan fingerprint density at radius 2 is 0.962 bits per heavy atom. The Labute approximate surface area is 308 Å². The number of nitrogens with zero attached hydrogens (tertiary/aromatic N) is 1. The van der Waals surface area contributed by atoms with E-state index in [2.05, 4.69) is 223 Å². The zero-order valence-electron chi connectivity index (χ0n) is 29.2. The molecule has 250 valence electrons. The Morgan fingerprint density at radius 1 is 0.462 bits per heavy atom. The highest BCUT2D eigenvalue weighted by atomic mass is 15.1. The van der Waals surface area contributed by atoms with Crippen LogP contribution in [-0.4, -0.2) is 0 Å². The fourth-order valence-corrected chi connectivity index (χ4v) is 7.56. The van der Waals surface area contributed by atoms with Crippen molar-refractivity contribution in [2.45, 2.75) is 24.2 Å². The molecule has 6 aromatic carbocycles. The summed E-state index contributed by atoms with van der Waals surface area (Å²) in [6, 6.07) is 62.1. The van der Waals surface area contributed by atoms with Crippen LogP contribution in [0.4, 0.5) is 17.1 Å². The molecule has 0 bridgehead atoms. The lowest BCUT2D eigenvalue weighted by Gasteiger charge is -2.34. The van der Waals surface area contributed by atoms with Gasteiger partial charge in [0, 0.05) is 34.5 Å². The van der Waals surface area contributed by atoms with Gasteiger partial charge in [0.1, 0.15) is 5.41 Å². The van der Waals surface area contributed by atoms with Crippen molar-refractivity contribution in [3.05, 3.63) is 246 Å². The molecule has 3 atom stereocenters. The zero-order valence-corrected chi connectivity index (χ0v) is 29.2. The number of anilines is 3. The molecule has 0 saturated heterocycles. The molecule has 2 aliphatic rings. The van der Waals surface area contributed by atoms with Crippen molar-refractivity contribution >= 4 is 17.1 Å². The van der Waals surface area contributed by atoms with Gasteiger partial charge in [0.05, 0.1) is 0 Å². The molecular weight excluding hydrogens is 627 g/mol. The molecule has 3 unspecified atom stereocenters. The number of benzene rings is 6. The number of hydrogen-bond donors (Lipinski definition) is 0. The van der Waals surface area contributed by atoms with Crippen molar-refractivity contribution < 1.29 is 0 Å². The van der Waals surface area contributed by atoms with Crippen LogP contribution in [-0.2, 0) is 5.41 Å². The van der Waals surface area contributed by atoms with Gasteiger partial charge in [0.15, 0.2) is 0 Å². The Hall–Kier alpha value is -6.36. The topological polar surface area (TPSA) is 3.24 Å². The highest BCUT2D eigenvalue weighted by Crippen LogP contribution is 2.44. The summed E-state index contributed by atoms with van der Waals surface area (Å²) >= 11 is 0. The van der Waals surface area contributed by atoms with Gasteiger partial charge in [-0.05, 0) is 89.2 Å². The summed E-state index contributed by atoms with van der Waals surface area (Å²) in [5.74, 6) is 8.25. The van der Waals surface area contributed by atoms with Gasteiger partial charge in [-0.15, -0.1) is 0 Å². The Balaban J connectivity index is 1.19. The Bertz CT molecular complexity index is 2230. The van der Waals surface area contributed by atoms with Gasteiger partial charge in [-0.1, -0.05) is 176 Å². The average Bonchev–Trinajstić information content (AvgIpc) is 3.24. The van der Waals surface area contributed by atoms with Crippen molar-refractivity contribution in [3.8, 4) is 11.8 Å². The predicted molar refractivity (Wildman–Crippen MR) is 218 cm³/mol. The van der Waals surface area contributed by atoms with Crippen LogP contribution >= 0.6 is 0 Å². The van der Waals surface area contributed by atoms with Gasteiger partial charge in [0.25, 0.3) is 0 Å². The second-order valence-electron chi connectivity index (χ2n) is 13.5. The summed E-state index contributed by atoms with van der Waals surface area (Å²) in [6.45, 7) is 0. The van der Waals surface area contributed by atoms with Gasteiger partial charge < -0.3 is 4.90 Å². The maximum atomic E-state index is 3.87. The van der Waals surface area contributed by atoms with Crippen molar-refractivity contribution in [3.63, 3.8) is 0 Å². The quantitative estimate of drug-likeness (QED) is 0.146. The van der Waals surface area contributed by atoms with E-state index in [4.69, 9.17) is 0 Å². The number of rotatable bonds is 8. The molecule has 1 heteroatoms. The molecule has 0 fully saturated rings. The van der Waals surface area contributed by atoms with Crippen LogP contribution in [0.3, 0.4) is 0 Å². The van der Waals surface area contributed by atoms with Crippen molar-refractivity contribution in [1.82, 2.24) is 0 Å². The molecule has 52 heavy (non-hydrogen) atoms. The molecule has 2 aliphatic carbocycles. The van der Waals surface area contributed by atoms with Crippen LogP contribution in [0.15, 0.2) is 224 Å². The molecule has 0 N–H and O–H groups in total. The molecule has 6 aromatic rings. The van der Waals surface area contributed by atoms with E-state index in [1.54, 1.807) is 0 Å². The second-order valence-corrected chi connectivity index (χ2v) is 13.5. The molecule has 0 spiro atoms. The van der Waals surface area contributed by atoms with Gasteiger partial charge in [-0.25, -0.2) is 0 Å². The van der Waals surface area contributed by atoms with E-state index in [9.17, 15) is 0 Å². The largest absolute Gasteiger partial charge is 0.311 e. The number of para-hydroxylation sites is 2. The van der Waals surface area contributed by atoms with Crippen LogP contribution in [0.1, 0.15) is 41.0 Å². The molecule has 8 rings (SSSR count). The van der Waals surface area contributed by atoms with Crippen molar-refractivity contribution in [1.29, 1.82) is 0 Å². The standard InChI is InChI=1S/C51H41N/c1-6-16-40(17-7-1)38-39-51(45-20-10-3-11-21-45,46-32-30-44(31-33-46)43-28-26-42(27-29-43)41-18-8-2-9-19-41)47-34-36-50(37-35-47)52(48-22-12-4-13-23-48)49-24-14-5-15-25-49/h1-26,28-30,32-37,42,44H,27,31H2. The summed E-state index contributed by atoms with van der Waals surface area (Å²) in [7, 11) is 0. The van der Waals surface area contributed by atoms with Crippen LogP contribution in [0.2, 0.25) is 0 Å². The monoisotopic (exact) mass is 667 g/mol. The number of hydrogen-bond acceptors (Lipinski definition) is 1. The summed E-state index contributed by atoms with van der Waals surface area (Å²) in [6.07, 6.45) is 16.3. The van der Waals surface area contributed by atoms with Crippen molar-refractivity contribution in [2.75, 3.05) is 4.90 Å². The summed E-state index contributed by atoms with van der Waals surface area (Å²) in [5.41, 5.74) is 9.92. The number of allylic oxidation sites excluding steroid dienone is 8. The minimum atomic E-state index is -0.684. The van der Waals surface area contributed by atoms with Gasteiger partial charge in [0.2, 0.25) is 0 Å². The molecule has 0 amide bonds. The summed E-state index contributed by atoms with van der Waals surface area (Å²) in [4.78, 5) is 2.31. The highest BCUT2D eigenvalue weighted by Gasteiger charge is 2.37. The third-order valence-electron chi connectivity index (χ3n) is 10.3. The Kier molecular flexibility index (Phi) is 9.63. The first-order chi connectivity index (χ1) is 25.8. The second kappa shape index (κ2) is 15.3. The maximum Gasteiger partial charge on any atom is 0.106 e. The first kappa shape index (κ1) is 32.8. The van der Waals surface area contributed by atoms with E-state index >= 15 is 0 Å². The lowest BCUT2D eigenvalue weighted by Crippen LogP contribution is -2.29. The van der Waals surface area contributed by atoms with Crippen LogP contribution in [0.5, 0.6) is 0 Å². The molecule has 0 radical (unpaired) electrons. The smallest absolute Gasteiger partial charge is 0.106 e. The van der Waals surface area contributed by atoms with E-state index in [-0.39, 0.29) is 0 Å².